The van der Waals surface area contributed by atoms with Gasteiger partial charge in [0, 0.05) is 38.0 Å². The van der Waals surface area contributed by atoms with Gasteiger partial charge in [0.15, 0.2) is 0 Å². The number of amides is 1. The van der Waals surface area contributed by atoms with Gasteiger partial charge in [0.2, 0.25) is 0 Å². The van der Waals surface area contributed by atoms with Crippen molar-refractivity contribution in [3.8, 4) is 5.75 Å². The highest BCUT2D eigenvalue weighted by Crippen LogP contribution is 2.20. The Balaban J connectivity index is 1.52. The van der Waals surface area contributed by atoms with E-state index in [2.05, 4.69) is 0 Å². The van der Waals surface area contributed by atoms with Gasteiger partial charge < -0.3 is 14.2 Å². The first-order valence-electron chi connectivity index (χ1n) is 8.27. The van der Waals surface area contributed by atoms with Gasteiger partial charge in [-0.3, -0.25) is 9.59 Å². The van der Waals surface area contributed by atoms with Crippen LogP contribution >= 0.6 is 0 Å². The average Bonchev–Trinajstić information content (AvgIpc) is 2.63. The number of hydrogen-bond donors (Lipinski definition) is 0. The number of rotatable bonds is 4. The molecule has 1 saturated heterocycles. The summed E-state index contributed by atoms with van der Waals surface area (Å²) in [6.07, 6.45) is 3.48. The summed E-state index contributed by atoms with van der Waals surface area (Å²) in [5, 5.41) is 0. The van der Waals surface area contributed by atoms with Crippen molar-refractivity contribution < 1.29 is 9.53 Å². The molecule has 1 aromatic carbocycles. The molecule has 0 bridgehead atoms. The van der Waals surface area contributed by atoms with Crippen LogP contribution in [0.3, 0.4) is 0 Å². The summed E-state index contributed by atoms with van der Waals surface area (Å²) in [5.74, 6) is 1.28. The van der Waals surface area contributed by atoms with E-state index in [9.17, 15) is 9.59 Å². The molecule has 2 aromatic rings. The van der Waals surface area contributed by atoms with Gasteiger partial charge in [0.05, 0.1) is 6.61 Å². The Morgan fingerprint density at radius 2 is 1.88 bits per heavy atom. The predicted octanol–water partition coefficient (Wildman–Crippen LogP) is 2.32. The van der Waals surface area contributed by atoms with Crippen molar-refractivity contribution in [2.24, 2.45) is 13.0 Å². The molecule has 0 N–H and O–H groups in total. The van der Waals surface area contributed by atoms with Crippen molar-refractivity contribution in [1.29, 1.82) is 0 Å². The Morgan fingerprint density at radius 1 is 1.17 bits per heavy atom. The quantitative estimate of drug-likeness (QED) is 0.866. The van der Waals surface area contributed by atoms with Crippen LogP contribution in [0, 0.1) is 5.92 Å². The third-order valence-corrected chi connectivity index (χ3v) is 4.48. The smallest absolute Gasteiger partial charge is 0.254 e. The molecule has 1 aliphatic heterocycles. The summed E-state index contributed by atoms with van der Waals surface area (Å²) in [5.41, 5.74) is 0.309. The normalized spacial score (nSPS) is 15.3. The monoisotopic (exact) mass is 326 g/mol. The second-order valence-electron chi connectivity index (χ2n) is 6.22. The van der Waals surface area contributed by atoms with Gasteiger partial charge in [-0.1, -0.05) is 18.2 Å². The van der Waals surface area contributed by atoms with E-state index in [-0.39, 0.29) is 11.5 Å². The van der Waals surface area contributed by atoms with Gasteiger partial charge in [-0.25, -0.2) is 0 Å². The molecule has 1 aliphatic rings. The molecule has 1 aromatic heterocycles. The first kappa shape index (κ1) is 16.3. The maximum absolute atomic E-state index is 12.5. The number of carbonyl (C=O) groups excluding carboxylic acids is 1. The molecule has 5 heteroatoms. The molecule has 3 rings (SSSR count). The highest BCUT2D eigenvalue weighted by Gasteiger charge is 2.24. The first-order valence-corrected chi connectivity index (χ1v) is 8.27. The standard InChI is InChI=1S/C19H22N2O3/c1-20-10-9-16(13-18(20)22)19(23)21-11-7-15(8-12-21)14-24-17-5-3-2-4-6-17/h2-6,9-10,13,15H,7-8,11-12,14H2,1H3. The number of carbonyl (C=O) groups is 1. The van der Waals surface area contributed by atoms with E-state index in [0.29, 0.717) is 31.2 Å². The van der Waals surface area contributed by atoms with Crippen molar-refractivity contribution >= 4 is 5.91 Å². The van der Waals surface area contributed by atoms with Gasteiger partial charge in [0.25, 0.3) is 11.5 Å². The van der Waals surface area contributed by atoms with Gasteiger partial charge in [0.1, 0.15) is 5.75 Å². The minimum Gasteiger partial charge on any atom is -0.493 e. The zero-order chi connectivity index (χ0) is 16.9. The number of aromatic nitrogens is 1. The summed E-state index contributed by atoms with van der Waals surface area (Å²) in [7, 11) is 1.68. The number of piperidine rings is 1. The largest absolute Gasteiger partial charge is 0.493 e. The summed E-state index contributed by atoms with van der Waals surface area (Å²) in [4.78, 5) is 26.0. The molecule has 0 radical (unpaired) electrons. The van der Waals surface area contributed by atoms with E-state index in [4.69, 9.17) is 4.74 Å². The summed E-state index contributed by atoms with van der Waals surface area (Å²) in [6.45, 7) is 2.09. The van der Waals surface area contributed by atoms with Gasteiger partial charge in [-0.15, -0.1) is 0 Å². The fourth-order valence-electron chi connectivity index (χ4n) is 2.90. The number of hydrogen-bond acceptors (Lipinski definition) is 3. The third-order valence-electron chi connectivity index (χ3n) is 4.48. The van der Waals surface area contributed by atoms with Crippen LogP contribution in [0.2, 0.25) is 0 Å². The number of nitrogens with zero attached hydrogens (tertiary/aromatic N) is 2. The van der Waals surface area contributed by atoms with Crippen molar-refractivity contribution in [1.82, 2.24) is 9.47 Å². The topological polar surface area (TPSA) is 51.5 Å². The Bertz CT molecular complexity index is 747. The number of benzene rings is 1. The molecular formula is C19H22N2O3. The van der Waals surface area contributed by atoms with Crippen molar-refractivity contribution in [3.05, 3.63) is 64.6 Å². The number of likely N-dealkylation sites (tertiary alicyclic amines) is 1. The average molecular weight is 326 g/mol. The van der Waals surface area contributed by atoms with Crippen LogP contribution in [-0.2, 0) is 7.05 Å². The first-order chi connectivity index (χ1) is 11.6. The van der Waals surface area contributed by atoms with Crippen molar-refractivity contribution in [2.75, 3.05) is 19.7 Å². The van der Waals surface area contributed by atoms with Gasteiger partial charge >= 0.3 is 0 Å². The molecule has 5 nitrogen and oxygen atoms in total. The van der Waals surface area contributed by atoms with Crippen LogP contribution < -0.4 is 10.3 Å². The molecule has 2 heterocycles. The van der Waals surface area contributed by atoms with Crippen LogP contribution in [0.1, 0.15) is 23.2 Å². The Labute approximate surface area is 141 Å². The zero-order valence-corrected chi connectivity index (χ0v) is 13.9. The van der Waals surface area contributed by atoms with Crippen molar-refractivity contribution in [3.63, 3.8) is 0 Å². The lowest BCUT2D eigenvalue weighted by molar-refractivity contribution is 0.0660. The van der Waals surface area contributed by atoms with E-state index < -0.39 is 0 Å². The van der Waals surface area contributed by atoms with Gasteiger partial charge in [-0.2, -0.15) is 0 Å². The SMILES string of the molecule is Cn1ccc(C(=O)N2CCC(COc3ccccc3)CC2)cc1=O. The molecular weight excluding hydrogens is 304 g/mol. The Morgan fingerprint density at radius 3 is 2.54 bits per heavy atom. The lowest BCUT2D eigenvalue weighted by Gasteiger charge is -2.32. The Hall–Kier alpha value is -2.56. The molecule has 0 saturated carbocycles. The highest BCUT2D eigenvalue weighted by atomic mass is 16.5. The maximum atomic E-state index is 12.5. The van der Waals surface area contributed by atoms with E-state index in [1.807, 2.05) is 35.2 Å². The minimum absolute atomic E-state index is 0.0601. The Kier molecular flexibility index (Phi) is 4.99. The van der Waals surface area contributed by atoms with Crippen LogP contribution in [0.4, 0.5) is 0 Å². The maximum Gasteiger partial charge on any atom is 0.254 e. The molecule has 0 unspecified atom stereocenters. The zero-order valence-electron chi connectivity index (χ0n) is 13.9. The van der Waals surface area contributed by atoms with Crippen LogP contribution in [0.15, 0.2) is 53.5 Å². The fourth-order valence-corrected chi connectivity index (χ4v) is 2.90. The molecule has 1 fully saturated rings. The fraction of sp³-hybridized carbons (Fsp3) is 0.368. The molecule has 0 aliphatic carbocycles. The number of ether oxygens (including phenoxy) is 1. The summed E-state index contributed by atoms with van der Waals surface area (Å²) >= 11 is 0. The summed E-state index contributed by atoms with van der Waals surface area (Å²) < 4.78 is 7.27. The highest BCUT2D eigenvalue weighted by molar-refractivity contribution is 5.94. The number of para-hydroxylation sites is 1. The summed E-state index contributed by atoms with van der Waals surface area (Å²) in [6, 6.07) is 12.9. The molecule has 126 valence electrons. The van der Waals surface area contributed by atoms with E-state index in [0.717, 1.165) is 18.6 Å². The van der Waals surface area contributed by atoms with E-state index >= 15 is 0 Å². The third kappa shape index (κ3) is 3.85. The molecule has 0 spiro atoms. The lowest BCUT2D eigenvalue weighted by atomic mass is 9.97. The van der Waals surface area contributed by atoms with E-state index in [1.165, 1.54) is 10.6 Å². The molecule has 1 amide bonds. The molecule has 0 atom stereocenters. The van der Waals surface area contributed by atoms with Crippen molar-refractivity contribution in [2.45, 2.75) is 12.8 Å². The minimum atomic E-state index is -0.160. The number of pyridine rings is 1. The molecule has 24 heavy (non-hydrogen) atoms. The van der Waals surface area contributed by atoms with Crippen LogP contribution in [0.5, 0.6) is 5.75 Å². The number of aryl methyl sites for hydroxylation is 1. The van der Waals surface area contributed by atoms with Crippen LogP contribution in [-0.4, -0.2) is 35.1 Å². The second kappa shape index (κ2) is 7.34. The predicted molar refractivity (Wildman–Crippen MR) is 92.2 cm³/mol. The van der Waals surface area contributed by atoms with Crippen LogP contribution in [0.25, 0.3) is 0 Å². The lowest BCUT2D eigenvalue weighted by Crippen LogP contribution is -2.40. The van der Waals surface area contributed by atoms with E-state index in [1.54, 1.807) is 19.3 Å². The second-order valence-corrected chi connectivity index (χ2v) is 6.22. The van der Waals surface area contributed by atoms with Gasteiger partial charge in [-0.05, 0) is 37.0 Å².